The van der Waals surface area contributed by atoms with Crippen LogP contribution < -0.4 is 4.12 Å². The molecule has 0 N–H and O–H groups in total. The van der Waals surface area contributed by atoms with Crippen LogP contribution in [0.4, 0.5) is 0 Å². The first kappa shape index (κ1) is 17.0. The first-order chi connectivity index (χ1) is 3.39. The van der Waals surface area contributed by atoms with Crippen molar-refractivity contribution in [2.24, 2.45) is 0 Å². The van der Waals surface area contributed by atoms with E-state index in [0.717, 1.165) is 0 Å². The Hall–Kier alpha value is 0.726. The normalized spacial score (nSPS) is 6.00. The van der Waals surface area contributed by atoms with Crippen molar-refractivity contribution in [2.45, 2.75) is 0 Å². The topological polar surface area (TPSA) is 0 Å². The molecular formula is C6H8Cl3Ga. The van der Waals surface area contributed by atoms with Crippen molar-refractivity contribution in [3.05, 3.63) is 30.3 Å². The van der Waals surface area contributed by atoms with Crippen molar-refractivity contribution >= 4 is 59.9 Å². The van der Waals surface area contributed by atoms with Crippen LogP contribution in [0.15, 0.2) is 30.3 Å². The van der Waals surface area contributed by atoms with E-state index in [2.05, 4.69) is 24.3 Å². The SMILES string of the molecule is Cl.Cl.Cl.[Ga][c]1ccccc1. The number of rotatable bonds is 0. The van der Waals surface area contributed by atoms with E-state index in [4.69, 9.17) is 0 Å². The zero-order valence-corrected chi connectivity index (χ0v) is 10.1. The van der Waals surface area contributed by atoms with Crippen LogP contribution in [0.3, 0.4) is 0 Å². The van der Waals surface area contributed by atoms with Gasteiger partial charge >= 0.3 is 53.0 Å². The monoisotopic (exact) mass is 254 g/mol. The van der Waals surface area contributed by atoms with Crippen molar-refractivity contribution < 1.29 is 0 Å². The summed E-state index contributed by atoms with van der Waals surface area (Å²) in [6.45, 7) is 0. The van der Waals surface area contributed by atoms with Gasteiger partial charge in [0.1, 0.15) is 0 Å². The van der Waals surface area contributed by atoms with Crippen molar-refractivity contribution in [3.63, 3.8) is 0 Å². The van der Waals surface area contributed by atoms with Crippen LogP contribution in [0.5, 0.6) is 0 Å². The van der Waals surface area contributed by atoms with Gasteiger partial charge in [0.2, 0.25) is 0 Å². The van der Waals surface area contributed by atoms with E-state index >= 15 is 0 Å². The van der Waals surface area contributed by atoms with Crippen LogP contribution in [-0.4, -0.2) is 18.6 Å². The third kappa shape index (κ3) is 6.84. The Morgan fingerprint density at radius 1 is 0.800 bits per heavy atom. The number of hydrogen-bond donors (Lipinski definition) is 0. The second kappa shape index (κ2) is 9.73. The van der Waals surface area contributed by atoms with E-state index < -0.39 is 0 Å². The summed E-state index contributed by atoms with van der Waals surface area (Å²) in [5, 5.41) is 0. The van der Waals surface area contributed by atoms with E-state index in [-0.39, 0.29) is 37.2 Å². The quantitative estimate of drug-likeness (QED) is 0.620. The fourth-order valence-corrected chi connectivity index (χ4v) is 0.919. The minimum absolute atomic E-state index is 0. The molecule has 0 nitrogen and oxygen atoms in total. The minimum atomic E-state index is 0. The molecule has 0 unspecified atom stereocenters. The molecule has 0 atom stereocenters. The molecule has 1 aromatic carbocycles. The Bertz CT molecular complexity index is 143. The van der Waals surface area contributed by atoms with Crippen molar-refractivity contribution in [1.29, 1.82) is 0 Å². The van der Waals surface area contributed by atoms with E-state index in [9.17, 15) is 0 Å². The summed E-state index contributed by atoms with van der Waals surface area (Å²) in [6, 6.07) is 10.4. The van der Waals surface area contributed by atoms with Gasteiger partial charge in [-0.25, -0.2) is 0 Å². The summed E-state index contributed by atoms with van der Waals surface area (Å²) in [5.41, 5.74) is 0. The molecular weight excluding hydrogens is 248 g/mol. The second-order valence-electron chi connectivity index (χ2n) is 1.41. The molecule has 2 radical (unpaired) electrons. The maximum atomic E-state index is 2.11. The molecule has 0 aliphatic carbocycles. The Morgan fingerprint density at radius 3 is 1.40 bits per heavy atom. The van der Waals surface area contributed by atoms with Gasteiger partial charge in [-0.3, -0.25) is 0 Å². The molecule has 10 heavy (non-hydrogen) atoms. The van der Waals surface area contributed by atoms with Crippen LogP contribution >= 0.6 is 37.2 Å². The Balaban J connectivity index is -0.000000163. The van der Waals surface area contributed by atoms with Crippen LogP contribution in [0, 0.1) is 0 Å². The standard InChI is InChI=1S/C6H5.3ClH.Ga/c1-2-4-6-5-3-1;;;;/h1-5H;3*1H;. The molecule has 0 bridgehead atoms. The van der Waals surface area contributed by atoms with Gasteiger partial charge in [-0.15, -0.1) is 37.2 Å². The molecule has 4 heteroatoms. The molecule has 0 saturated heterocycles. The summed E-state index contributed by atoms with van der Waals surface area (Å²) < 4.78 is 1.38. The van der Waals surface area contributed by atoms with Gasteiger partial charge in [-0.05, 0) is 0 Å². The third-order valence-corrected chi connectivity index (χ3v) is 1.61. The molecule has 0 spiro atoms. The Morgan fingerprint density at radius 2 is 1.20 bits per heavy atom. The summed E-state index contributed by atoms with van der Waals surface area (Å²) in [6.07, 6.45) is 0. The van der Waals surface area contributed by atoms with E-state index in [0.29, 0.717) is 0 Å². The predicted octanol–water partition coefficient (Wildman–Crippen LogP) is 1.75. The molecule has 0 amide bonds. The second-order valence-corrected chi connectivity index (χ2v) is 2.81. The number of benzene rings is 1. The first-order valence-electron chi connectivity index (χ1n) is 2.20. The molecule has 56 valence electrons. The van der Waals surface area contributed by atoms with Crippen LogP contribution in [0.2, 0.25) is 0 Å². The molecule has 0 heterocycles. The van der Waals surface area contributed by atoms with Gasteiger partial charge < -0.3 is 0 Å². The predicted molar refractivity (Wildman–Crippen MR) is 53.6 cm³/mol. The molecule has 0 aliphatic heterocycles. The number of hydrogen-bond acceptors (Lipinski definition) is 0. The van der Waals surface area contributed by atoms with E-state index in [1.807, 2.05) is 6.07 Å². The molecule has 0 aliphatic rings. The first-order valence-corrected chi connectivity index (χ1v) is 3.41. The van der Waals surface area contributed by atoms with Crippen LogP contribution in [-0.2, 0) is 0 Å². The fraction of sp³-hybridized carbons (Fsp3) is 0. The van der Waals surface area contributed by atoms with Gasteiger partial charge in [0.05, 0.1) is 0 Å². The molecule has 0 fully saturated rings. The van der Waals surface area contributed by atoms with Crippen molar-refractivity contribution in [2.75, 3.05) is 0 Å². The fourth-order valence-electron chi connectivity index (χ4n) is 0.453. The average molecular weight is 256 g/mol. The van der Waals surface area contributed by atoms with Gasteiger partial charge in [0, 0.05) is 0 Å². The molecule has 1 rings (SSSR count). The summed E-state index contributed by atoms with van der Waals surface area (Å²) in [5.74, 6) is 0. The summed E-state index contributed by atoms with van der Waals surface area (Å²) in [4.78, 5) is 0. The van der Waals surface area contributed by atoms with Crippen molar-refractivity contribution in [3.8, 4) is 0 Å². The summed E-state index contributed by atoms with van der Waals surface area (Å²) in [7, 11) is 0. The summed E-state index contributed by atoms with van der Waals surface area (Å²) >= 11 is 1.67. The van der Waals surface area contributed by atoms with E-state index in [1.54, 1.807) is 18.6 Å². The van der Waals surface area contributed by atoms with E-state index in [1.165, 1.54) is 4.12 Å². The van der Waals surface area contributed by atoms with Crippen LogP contribution in [0.25, 0.3) is 0 Å². The number of halogens is 3. The van der Waals surface area contributed by atoms with Crippen molar-refractivity contribution in [1.82, 2.24) is 0 Å². The van der Waals surface area contributed by atoms with Gasteiger partial charge in [-0.1, -0.05) is 0 Å². The maximum absolute atomic E-state index is 2.11. The Kier molecular flexibility index (Phi) is 16.5. The van der Waals surface area contributed by atoms with Crippen LogP contribution in [0.1, 0.15) is 0 Å². The zero-order chi connectivity index (χ0) is 5.11. The Labute approximate surface area is 89.9 Å². The van der Waals surface area contributed by atoms with Gasteiger partial charge in [-0.2, -0.15) is 0 Å². The third-order valence-electron chi connectivity index (χ3n) is 0.800. The average Bonchev–Trinajstić information content (AvgIpc) is 1.69. The molecule has 0 saturated carbocycles. The zero-order valence-electron chi connectivity index (χ0n) is 5.19. The molecule has 0 aromatic heterocycles. The van der Waals surface area contributed by atoms with Gasteiger partial charge in [0.15, 0.2) is 0 Å². The molecule has 1 aromatic rings. The van der Waals surface area contributed by atoms with Gasteiger partial charge in [0.25, 0.3) is 0 Å².